The number of para-hydroxylation sites is 1. The molecule has 7 aromatic rings. The van der Waals surface area contributed by atoms with Crippen LogP contribution in [0.4, 0.5) is 0 Å². The van der Waals surface area contributed by atoms with E-state index in [9.17, 15) is 84.7 Å². The number of azide groups is 1. The van der Waals surface area contributed by atoms with E-state index in [-0.39, 0.29) is 99.3 Å². The number of benzene rings is 7. The Morgan fingerprint density at radius 1 is 0.718 bits per heavy atom. The summed E-state index contributed by atoms with van der Waals surface area (Å²) in [5.74, 6) is -12.0. The predicted molar refractivity (Wildman–Crippen MR) is 453 cm³/mol. The molecular weight excluding hydrogens is 1680 g/mol. The van der Waals surface area contributed by atoms with Gasteiger partial charge in [0.15, 0.2) is 23.9 Å². The molecule has 8 bridgehead atoms. The molecule has 124 heavy (non-hydrogen) atoms. The molecule has 12 rings (SSSR count). The zero-order chi connectivity index (χ0) is 90.1. The van der Waals surface area contributed by atoms with Crippen LogP contribution in [0.5, 0.6) is 46.0 Å². The van der Waals surface area contributed by atoms with Crippen molar-refractivity contribution in [1.82, 2.24) is 47.9 Å². The van der Waals surface area contributed by atoms with Gasteiger partial charge in [0.1, 0.15) is 77.3 Å². The summed E-state index contributed by atoms with van der Waals surface area (Å²) >= 11 is 20.3. The number of nitrogens with two attached hydrogens (primary N) is 2. The minimum absolute atomic E-state index is 0.0118. The second-order valence-electron chi connectivity index (χ2n) is 30.9. The van der Waals surface area contributed by atoms with Crippen molar-refractivity contribution >= 4 is 82.1 Å². The number of aliphatic hydroxyl groups excluding tert-OH is 5. The number of unbranched alkanes of at least 4 members (excludes halogenated alkanes) is 1. The molecule has 0 aromatic heterocycles. The second kappa shape index (κ2) is 43.0. The van der Waals surface area contributed by atoms with Crippen LogP contribution in [0, 0.1) is 5.92 Å². The van der Waals surface area contributed by atoms with Crippen molar-refractivity contribution in [2.24, 2.45) is 22.5 Å². The molecular formula is C85H101Cl3N14O22. The van der Waals surface area contributed by atoms with E-state index in [0.717, 1.165) is 47.0 Å². The molecule has 0 saturated carbocycles. The molecule has 39 heteroatoms. The number of nitrogens with one attached hydrogen (secondary N) is 9. The highest BCUT2D eigenvalue weighted by molar-refractivity contribution is 6.32. The van der Waals surface area contributed by atoms with E-state index in [1.54, 1.807) is 26.0 Å². The minimum atomic E-state index is -2.08. The molecule has 7 aromatic carbocycles. The zero-order valence-corrected chi connectivity index (χ0v) is 70.8. The number of aliphatic hydroxyl groups is 5. The Labute approximate surface area is 727 Å². The molecule has 8 amide bonds. The lowest BCUT2D eigenvalue weighted by Gasteiger charge is -2.48. The monoisotopic (exact) mass is 1770 g/mol. The molecule has 36 nitrogen and oxygen atoms in total. The highest BCUT2D eigenvalue weighted by atomic mass is 35.5. The van der Waals surface area contributed by atoms with Crippen LogP contribution in [0.2, 0.25) is 15.1 Å². The number of carbonyl (C=O) groups excluding carboxylic acids is 8. The van der Waals surface area contributed by atoms with Gasteiger partial charge >= 0.3 is 0 Å². The van der Waals surface area contributed by atoms with Gasteiger partial charge in [-0.2, -0.15) is 0 Å². The number of fused-ring (bicyclic) bond motifs is 2. The Balaban J connectivity index is 1.07. The maximum Gasteiger partial charge on any atom is 0.247 e. The van der Waals surface area contributed by atoms with Gasteiger partial charge in [-0.25, -0.2) is 0 Å². The fraction of sp³-hybridized carbons (Fsp3) is 0.412. The minimum Gasteiger partial charge on any atom is -0.508 e. The zero-order valence-electron chi connectivity index (χ0n) is 68.5. The van der Waals surface area contributed by atoms with Crippen molar-refractivity contribution in [1.29, 1.82) is 0 Å². The quantitative estimate of drug-likeness (QED) is 0.0144. The molecule has 5 aliphatic heterocycles. The van der Waals surface area contributed by atoms with E-state index in [2.05, 4.69) is 57.9 Å². The topological polar surface area (TPSA) is 563 Å². The molecule has 5 heterocycles. The molecule has 664 valence electrons. The molecule has 2 fully saturated rings. The van der Waals surface area contributed by atoms with E-state index in [0.29, 0.717) is 17.9 Å². The molecule has 5 aliphatic rings. The molecule has 0 spiro atoms. The predicted octanol–water partition coefficient (Wildman–Crippen LogP) is 6.32. The molecule has 15 unspecified atom stereocenters. The fourth-order valence-electron chi connectivity index (χ4n) is 14.5. The summed E-state index contributed by atoms with van der Waals surface area (Å²) < 4.78 is 39.2. The number of phenolic OH excluding ortho intramolecular Hbond substituents is 3. The maximum absolute atomic E-state index is 14.9. The van der Waals surface area contributed by atoms with Gasteiger partial charge < -0.3 is 129 Å². The van der Waals surface area contributed by atoms with Gasteiger partial charge in [-0.3, -0.25) is 38.4 Å². The van der Waals surface area contributed by atoms with Crippen LogP contribution < -0.4 is 73.5 Å². The number of carbonyl (C=O) groups is 8. The molecule has 17 atom stereocenters. The number of ether oxygens (including phenoxy) is 6. The summed E-state index contributed by atoms with van der Waals surface area (Å²) in [5.41, 5.74) is 21.1. The molecule has 0 aliphatic carbocycles. The van der Waals surface area contributed by atoms with Crippen molar-refractivity contribution < 1.29 is 108 Å². The number of primary amides is 1. The highest BCUT2D eigenvalue weighted by Gasteiger charge is 2.52. The number of nitrogens with zero attached hydrogens (tertiary/aromatic N) is 3. The summed E-state index contributed by atoms with van der Waals surface area (Å²) in [7, 11) is 2.71. The maximum atomic E-state index is 14.9. The average Bonchev–Trinajstić information content (AvgIpc) is 0.772. The smallest absolute Gasteiger partial charge is 0.247 e. The van der Waals surface area contributed by atoms with Gasteiger partial charge in [0.05, 0.1) is 59.9 Å². The number of rotatable bonds is 23. The van der Waals surface area contributed by atoms with Crippen LogP contribution in [0.25, 0.3) is 32.7 Å². The first-order valence-corrected chi connectivity index (χ1v) is 40.9. The fourth-order valence-corrected chi connectivity index (χ4v) is 15.0. The third-order valence-electron chi connectivity index (χ3n) is 21.2. The molecule has 21 N–H and O–H groups in total. The standard InChI is InChI=1S/C85H101Cl3N14O22/c1-40(2)29-55(92-6)79(114)101-71-72(109)48-21-26-61(54(88)32-48)121-63-12-10-11-62(75(63)124-84-76(74(111)73(110)64(122-84)39-96-102-91)123-67-37-85(5,77(112)42(4)119-67)95-38-43-13-15-44(16-14-43)45-17-22-49(86)23-18-45)120-60-25-20-46(31-53(60)87)58(105)36-66(108)99-70(82(117)94-28-9-8-27-89)52-33-50(103)34-59(106)68(52)51-30-47(19-24-57(51)104)69(81(116)93-7)100-78(113)41(3)97-80(115)56(35-65(90)107)98-83(71)118/h10-26,30-34,40-42,55-56,58,64,67,69-74,76-77,84,92,95,103-106,109-112H,8-9,27-29,35-39,89H2,1-7H3,(H2,90,107)(H,93,116)(H,94,117)(H,97,115)(H,98,118)(H,99,108)(H,100,113)(H,101,114)/t41?,42?,55?,56-,58?,64?,67?,69?,70-,71?,72?,73?,74?,76?,77?,84?,85?/m0/s1. The number of hydrogen-bond acceptors (Lipinski definition) is 26. The summed E-state index contributed by atoms with van der Waals surface area (Å²) in [6.45, 7) is 8.07. The van der Waals surface area contributed by atoms with Crippen LogP contribution in [0.1, 0.15) is 125 Å². The van der Waals surface area contributed by atoms with Gasteiger partial charge in [0, 0.05) is 59.2 Å². The SMILES string of the molecule is CNC(=O)C1NC(=O)C(C)NC(=O)[C@H](CC(N)=O)NC(=O)C(NC(=O)C(CC(C)C)NC)C(O)c2ccc(c(Cl)c2)Oc2cccc(c2OC2OC(CN=[N+]=[N-])C(O)C(O)C2OC2CC(C)(NCc3ccc(-c4ccc(Cl)cc4)cc3)C(O)C(C)O2)Oc2ccc(cc2Cl)C(O)CC(=O)N[C@H](C(=O)NCCCCN)c2cc(O)cc(O)c2-c2cc1ccc2O. The van der Waals surface area contributed by atoms with Gasteiger partial charge in [0.25, 0.3) is 0 Å². The Morgan fingerprint density at radius 2 is 1.36 bits per heavy atom. The number of amides is 8. The van der Waals surface area contributed by atoms with Gasteiger partial charge in [-0.05, 0) is 171 Å². The largest absolute Gasteiger partial charge is 0.508 e. The van der Waals surface area contributed by atoms with Gasteiger partial charge in [-0.15, -0.1) is 0 Å². The summed E-state index contributed by atoms with van der Waals surface area (Å²) in [6.07, 6.45) is -17.1. The van der Waals surface area contributed by atoms with Crippen LogP contribution in [-0.2, 0) is 59.1 Å². The average molecular weight is 1780 g/mol. The summed E-state index contributed by atoms with van der Waals surface area (Å²) in [6, 6.07) is 21.8. The first-order chi connectivity index (χ1) is 59.0. The lowest BCUT2D eigenvalue weighted by molar-refractivity contribution is -0.331. The van der Waals surface area contributed by atoms with E-state index >= 15 is 0 Å². The first kappa shape index (κ1) is 95.1. The Hall–Kier alpha value is -11.2. The van der Waals surface area contributed by atoms with Crippen LogP contribution in [0.15, 0.2) is 139 Å². The summed E-state index contributed by atoms with van der Waals surface area (Å²) in [5, 5.41) is 123. The van der Waals surface area contributed by atoms with Crippen LogP contribution in [0.3, 0.4) is 0 Å². The Morgan fingerprint density at radius 3 is 1.98 bits per heavy atom. The first-order valence-electron chi connectivity index (χ1n) is 39.8. The third-order valence-corrected chi connectivity index (χ3v) is 22.1. The summed E-state index contributed by atoms with van der Waals surface area (Å²) in [4.78, 5) is 117. The number of likely N-dealkylation sites (N-methyl/N-ethyl adjacent to an activating group) is 2. The Bertz CT molecular complexity index is 5060. The van der Waals surface area contributed by atoms with E-state index in [1.807, 2.05) is 50.2 Å². The van der Waals surface area contributed by atoms with Gasteiger partial charge in [0.2, 0.25) is 59.3 Å². The van der Waals surface area contributed by atoms with Gasteiger partial charge in [-0.1, -0.05) is 114 Å². The molecule has 0 radical (unpaired) electrons. The highest BCUT2D eigenvalue weighted by Crippen LogP contribution is 2.48. The van der Waals surface area contributed by atoms with Crippen molar-refractivity contribution in [2.75, 3.05) is 33.7 Å². The second-order valence-corrected chi connectivity index (χ2v) is 32.1. The van der Waals surface area contributed by atoms with Crippen molar-refractivity contribution in [3.05, 3.63) is 187 Å². The molecule has 2 saturated heterocycles. The van der Waals surface area contributed by atoms with Crippen LogP contribution >= 0.6 is 34.8 Å². The van der Waals surface area contributed by atoms with Crippen molar-refractivity contribution in [3.63, 3.8) is 0 Å². The van der Waals surface area contributed by atoms with Crippen molar-refractivity contribution in [2.45, 2.75) is 183 Å². The normalized spacial score (nSPS) is 24.9. The van der Waals surface area contributed by atoms with E-state index in [1.165, 1.54) is 75.6 Å². The van der Waals surface area contributed by atoms with Crippen LogP contribution in [-0.4, -0.2) is 201 Å². The number of aromatic hydroxyl groups is 3. The number of phenols is 3. The third kappa shape index (κ3) is 23.8. The number of hydrogen-bond donors (Lipinski definition) is 19. The lowest BCUT2D eigenvalue weighted by atomic mass is 9.84. The number of halogens is 3. The van der Waals surface area contributed by atoms with Crippen molar-refractivity contribution in [3.8, 4) is 68.2 Å². The Kier molecular flexibility index (Phi) is 32.9. The van der Waals surface area contributed by atoms with E-state index in [4.69, 9.17) is 74.7 Å². The van der Waals surface area contributed by atoms with E-state index < -0.39 is 198 Å². The lowest BCUT2D eigenvalue weighted by Crippen LogP contribution is -2.65.